The summed E-state index contributed by atoms with van der Waals surface area (Å²) in [5.74, 6) is -2.36. The molecule has 6 unspecified atom stereocenters. The SMILES string of the molecule is CCC[As](C)SC1OC(COC(C)=O)C(OC(C)=O)C(OC(C)=O)C1OC(C)=O. The summed E-state index contributed by atoms with van der Waals surface area (Å²) in [7, 11) is 1.56. The van der Waals surface area contributed by atoms with E-state index in [0.29, 0.717) is 0 Å². The molecule has 1 saturated heterocycles. The van der Waals surface area contributed by atoms with Crippen molar-refractivity contribution in [1.29, 1.82) is 0 Å². The average Bonchev–Trinajstić information content (AvgIpc) is 2.57. The number of carbonyl (C=O) groups excluding carboxylic acids is 4. The Morgan fingerprint density at radius 2 is 1.38 bits per heavy atom. The molecule has 0 aromatic carbocycles. The number of hydrogen-bond donors (Lipinski definition) is 0. The van der Waals surface area contributed by atoms with Crippen molar-refractivity contribution in [3.05, 3.63) is 0 Å². The van der Waals surface area contributed by atoms with Crippen molar-refractivity contribution >= 4 is 47.4 Å². The zero-order chi connectivity index (χ0) is 22.1. The third-order valence-corrected chi connectivity index (χ3v) is 11.5. The van der Waals surface area contributed by atoms with Crippen molar-refractivity contribution in [2.45, 2.75) is 81.8 Å². The summed E-state index contributed by atoms with van der Waals surface area (Å²) in [5, 5.41) is 1.03. The van der Waals surface area contributed by atoms with E-state index in [0.717, 1.165) is 11.6 Å². The molecule has 0 amide bonds. The average molecular weight is 496 g/mol. The number of hydrogen-bond acceptors (Lipinski definition) is 10. The molecule has 6 atom stereocenters. The minimum absolute atomic E-state index is 0.195. The van der Waals surface area contributed by atoms with E-state index in [-0.39, 0.29) is 6.61 Å². The van der Waals surface area contributed by atoms with Crippen molar-refractivity contribution in [3.63, 3.8) is 0 Å². The first-order chi connectivity index (χ1) is 13.5. The van der Waals surface area contributed by atoms with Gasteiger partial charge in [0.2, 0.25) is 0 Å². The van der Waals surface area contributed by atoms with E-state index in [4.69, 9.17) is 23.7 Å². The van der Waals surface area contributed by atoms with E-state index in [2.05, 4.69) is 12.6 Å². The van der Waals surface area contributed by atoms with Crippen molar-refractivity contribution < 1.29 is 42.9 Å². The molecule has 1 rings (SSSR count). The van der Waals surface area contributed by atoms with E-state index in [1.807, 2.05) is 0 Å². The zero-order valence-electron chi connectivity index (χ0n) is 17.5. The molecule has 1 aliphatic heterocycles. The second-order valence-electron chi connectivity index (χ2n) is 6.52. The van der Waals surface area contributed by atoms with Gasteiger partial charge in [-0.15, -0.1) is 0 Å². The Morgan fingerprint density at radius 3 is 1.86 bits per heavy atom. The maximum atomic E-state index is 11.8. The molecule has 1 fully saturated rings. The Labute approximate surface area is 178 Å². The van der Waals surface area contributed by atoms with Crippen LogP contribution in [0.4, 0.5) is 0 Å². The van der Waals surface area contributed by atoms with Crippen LogP contribution >= 0.6 is 10.0 Å². The van der Waals surface area contributed by atoms with Crippen molar-refractivity contribution in [1.82, 2.24) is 0 Å². The van der Waals surface area contributed by atoms with Crippen LogP contribution in [0.15, 0.2) is 0 Å². The number of carbonyl (C=O) groups is 4. The monoisotopic (exact) mass is 496 g/mol. The topological polar surface area (TPSA) is 114 Å². The fourth-order valence-corrected chi connectivity index (χ4v) is 10.0. The van der Waals surface area contributed by atoms with Crippen molar-refractivity contribution in [3.8, 4) is 0 Å². The predicted octanol–water partition coefficient (Wildman–Crippen LogP) is 1.83. The van der Waals surface area contributed by atoms with Gasteiger partial charge in [-0.2, -0.15) is 0 Å². The number of esters is 4. The van der Waals surface area contributed by atoms with E-state index in [9.17, 15) is 19.2 Å². The Kier molecular flexibility index (Phi) is 11.1. The number of rotatable bonds is 9. The standard InChI is InChI=1S/C18H29AsO9S/c1-7-8-19(6)29-18-17(27-13(5)23)16(26-12(4)22)15(25-11(3)21)14(28-18)9-24-10(2)20/h14-18H,7-9H2,1-6H3. The molecule has 1 aliphatic rings. The van der Waals surface area contributed by atoms with Crippen LogP contribution in [0, 0.1) is 0 Å². The van der Waals surface area contributed by atoms with Gasteiger partial charge in [-0.3, -0.25) is 0 Å². The molecule has 166 valence electrons. The maximum absolute atomic E-state index is 11.8. The second-order valence-corrected chi connectivity index (χ2v) is 15.3. The van der Waals surface area contributed by atoms with Crippen molar-refractivity contribution in [2.24, 2.45) is 0 Å². The molecule has 0 bridgehead atoms. The van der Waals surface area contributed by atoms with Gasteiger partial charge in [0, 0.05) is 0 Å². The van der Waals surface area contributed by atoms with Crippen LogP contribution in [0.25, 0.3) is 0 Å². The molecular weight excluding hydrogens is 467 g/mol. The Morgan fingerprint density at radius 1 is 0.862 bits per heavy atom. The van der Waals surface area contributed by atoms with E-state index < -0.39 is 67.2 Å². The minimum atomic E-state index is -1.37. The van der Waals surface area contributed by atoms with Crippen LogP contribution in [-0.4, -0.2) is 73.8 Å². The molecule has 0 aromatic heterocycles. The summed E-state index contributed by atoms with van der Waals surface area (Å²) < 4.78 is 27.3. The second kappa shape index (κ2) is 12.4. The van der Waals surface area contributed by atoms with Gasteiger partial charge in [0.25, 0.3) is 0 Å². The molecule has 0 aliphatic carbocycles. The fraction of sp³-hybridized carbons (Fsp3) is 0.778. The van der Waals surface area contributed by atoms with Gasteiger partial charge in [-0.05, 0) is 0 Å². The summed E-state index contributed by atoms with van der Waals surface area (Å²) in [5.41, 5.74) is 1.50. The van der Waals surface area contributed by atoms with E-state index in [1.165, 1.54) is 27.7 Å². The van der Waals surface area contributed by atoms with Crippen molar-refractivity contribution in [2.75, 3.05) is 6.61 Å². The Bertz CT molecular complexity index is 600. The van der Waals surface area contributed by atoms with Gasteiger partial charge >= 0.3 is 179 Å². The first-order valence-corrected chi connectivity index (χ1v) is 15.6. The first-order valence-electron chi connectivity index (χ1n) is 9.23. The van der Waals surface area contributed by atoms with Crippen LogP contribution in [0.5, 0.6) is 0 Å². The summed E-state index contributed by atoms with van der Waals surface area (Å²) in [6.45, 7) is 6.79. The predicted molar refractivity (Wildman–Crippen MR) is 106 cm³/mol. The molecular formula is C18H29AsO9S. The quantitative estimate of drug-likeness (QED) is 0.266. The van der Waals surface area contributed by atoms with Crippen LogP contribution in [-0.2, 0) is 42.9 Å². The molecule has 0 spiro atoms. The molecule has 29 heavy (non-hydrogen) atoms. The van der Waals surface area contributed by atoms with Gasteiger partial charge < -0.3 is 0 Å². The molecule has 11 heteroatoms. The van der Waals surface area contributed by atoms with Gasteiger partial charge in [0.15, 0.2) is 0 Å². The Balaban J connectivity index is 3.28. The van der Waals surface area contributed by atoms with E-state index >= 15 is 0 Å². The van der Waals surface area contributed by atoms with Gasteiger partial charge in [-0.25, -0.2) is 0 Å². The van der Waals surface area contributed by atoms with Gasteiger partial charge in [-0.1, -0.05) is 0 Å². The Hall–Kier alpha value is -1.25. The normalized spacial score (nSPS) is 27.4. The summed E-state index contributed by atoms with van der Waals surface area (Å²) in [4.78, 5) is 46.4. The molecule has 9 nitrogen and oxygen atoms in total. The number of ether oxygens (including phenoxy) is 5. The van der Waals surface area contributed by atoms with E-state index in [1.54, 1.807) is 10.0 Å². The van der Waals surface area contributed by atoms with Gasteiger partial charge in [0.1, 0.15) is 0 Å². The molecule has 0 saturated carbocycles. The third kappa shape index (κ3) is 8.97. The summed E-state index contributed by atoms with van der Waals surface area (Å²) in [6, 6.07) is 0. The molecule has 0 radical (unpaired) electrons. The summed E-state index contributed by atoms with van der Waals surface area (Å²) in [6.07, 6.45) is -3.01. The van der Waals surface area contributed by atoms with Gasteiger partial charge in [0.05, 0.1) is 0 Å². The molecule has 0 N–H and O–H groups in total. The third-order valence-electron chi connectivity index (χ3n) is 3.77. The fourth-order valence-electron chi connectivity index (χ4n) is 2.82. The summed E-state index contributed by atoms with van der Waals surface area (Å²) >= 11 is -1.37. The van der Waals surface area contributed by atoms with Crippen LogP contribution in [0.2, 0.25) is 10.9 Å². The zero-order valence-corrected chi connectivity index (χ0v) is 20.2. The van der Waals surface area contributed by atoms with Crippen LogP contribution in [0.1, 0.15) is 41.0 Å². The van der Waals surface area contributed by atoms with Crippen LogP contribution < -0.4 is 0 Å². The van der Waals surface area contributed by atoms with Crippen LogP contribution in [0.3, 0.4) is 0 Å². The molecule has 1 heterocycles. The first kappa shape index (κ1) is 25.8. The molecule has 0 aromatic rings.